The Balaban J connectivity index is 2.20. The van der Waals surface area contributed by atoms with Crippen LogP contribution in [0.5, 0.6) is 0 Å². The maximum Gasteiger partial charge on any atom is 0.436 e. The summed E-state index contributed by atoms with van der Waals surface area (Å²) >= 11 is 3.21. The van der Waals surface area contributed by atoms with Crippen molar-refractivity contribution in [1.29, 1.82) is 0 Å². The Bertz CT molecular complexity index is 396. The lowest BCUT2D eigenvalue weighted by Gasteiger charge is -2.10. The van der Waals surface area contributed by atoms with Crippen LogP contribution < -0.4 is 0 Å². The highest BCUT2D eigenvalue weighted by Gasteiger charge is 2.38. The highest BCUT2D eigenvalue weighted by Crippen LogP contribution is 2.31. The van der Waals surface area contributed by atoms with Gasteiger partial charge in [-0.1, -0.05) is 20.9 Å². The lowest BCUT2D eigenvalue weighted by atomic mass is 10.2. The molecule has 7 nitrogen and oxygen atoms in total. The SMILES string of the molecule is O=[N+]([O-])c1nccn1C1C[C@@H](O)[C@@H](CBr)O1. The number of hydrogen-bond acceptors (Lipinski definition) is 5. The summed E-state index contributed by atoms with van der Waals surface area (Å²) in [6.07, 6.45) is 1.66. The zero-order valence-corrected chi connectivity index (χ0v) is 9.78. The first-order valence-corrected chi connectivity index (χ1v) is 5.82. The van der Waals surface area contributed by atoms with Gasteiger partial charge in [-0.05, 0) is 4.92 Å². The largest absolute Gasteiger partial charge is 0.436 e. The minimum absolute atomic E-state index is 0.271. The number of alkyl halides is 1. The van der Waals surface area contributed by atoms with E-state index >= 15 is 0 Å². The van der Waals surface area contributed by atoms with Crippen molar-refractivity contribution < 1.29 is 14.8 Å². The predicted molar refractivity (Wildman–Crippen MR) is 57.2 cm³/mol. The Labute approximate surface area is 99.3 Å². The number of nitro groups is 1. The molecule has 0 aromatic carbocycles. The molecule has 0 spiro atoms. The molecule has 1 aromatic heterocycles. The third-order valence-corrected chi connectivity index (χ3v) is 3.12. The molecule has 1 aromatic rings. The molecule has 3 atom stereocenters. The van der Waals surface area contributed by atoms with Gasteiger partial charge < -0.3 is 20.0 Å². The number of halogens is 1. The van der Waals surface area contributed by atoms with Gasteiger partial charge in [0.05, 0.1) is 12.2 Å². The van der Waals surface area contributed by atoms with Gasteiger partial charge in [0, 0.05) is 11.8 Å². The fourth-order valence-electron chi connectivity index (χ4n) is 1.70. The van der Waals surface area contributed by atoms with E-state index in [1.54, 1.807) is 0 Å². The number of hydrogen-bond donors (Lipinski definition) is 1. The van der Waals surface area contributed by atoms with E-state index in [0.717, 1.165) is 0 Å². The van der Waals surface area contributed by atoms with Gasteiger partial charge in [0.15, 0.2) is 6.23 Å². The minimum atomic E-state index is -0.619. The summed E-state index contributed by atoms with van der Waals surface area (Å²) in [5.41, 5.74) is 0. The van der Waals surface area contributed by atoms with Crippen molar-refractivity contribution in [1.82, 2.24) is 9.55 Å². The Kier molecular flexibility index (Phi) is 3.22. The summed E-state index contributed by atoms with van der Waals surface area (Å²) in [5, 5.41) is 20.8. The number of rotatable bonds is 3. The maximum atomic E-state index is 10.7. The zero-order valence-electron chi connectivity index (χ0n) is 8.19. The number of imidazole rings is 1. The van der Waals surface area contributed by atoms with E-state index < -0.39 is 17.3 Å². The molecule has 1 unspecified atom stereocenters. The summed E-state index contributed by atoms with van der Waals surface area (Å²) < 4.78 is 6.80. The highest BCUT2D eigenvalue weighted by molar-refractivity contribution is 9.09. The average Bonchev–Trinajstić information content (AvgIpc) is 2.82. The lowest BCUT2D eigenvalue weighted by Crippen LogP contribution is -2.21. The Morgan fingerprint density at radius 2 is 2.56 bits per heavy atom. The molecule has 0 amide bonds. The monoisotopic (exact) mass is 291 g/mol. The molecule has 1 N–H and O–H groups in total. The van der Waals surface area contributed by atoms with E-state index in [1.807, 2.05) is 0 Å². The molecular formula is C8H10BrN3O4. The second-order valence-corrected chi connectivity index (χ2v) is 4.13. The fourth-order valence-corrected chi connectivity index (χ4v) is 2.28. The first-order valence-electron chi connectivity index (χ1n) is 4.70. The molecule has 0 bridgehead atoms. The fraction of sp³-hybridized carbons (Fsp3) is 0.625. The van der Waals surface area contributed by atoms with E-state index in [4.69, 9.17) is 4.74 Å². The van der Waals surface area contributed by atoms with Crippen molar-refractivity contribution in [3.05, 3.63) is 22.5 Å². The normalized spacial score (nSPS) is 29.5. The van der Waals surface area contributed by atoms with Gasteiger partial charge in [-0.3, -0.25) is 0 Å². The first-order chi connectivity index (χ1) is 7.63. The molecule has 88 valence electrons. The second-order valence-electron chi connectivity index (χ2n) is 3.48. The third-order valence-electron chi connectivity index (χ3n) is 2.48. The van der Waals surface area contributed by atoms with Gasteiger partial charge in [-0.15, -0.1) is 0 Å². The Morgan fingerprint density at radius 1 is 1.81 bits per heavy atom. The van der Waals surface area contributed by atoms with Crippen molar-refractivity contribution in [2.24, 2.45) is 0 Å². The van der Waals surface area contributed by atoms with Crippen LogP contribution in [0.4, 0.5) is 5.95 Å². The van der Waals surface area contributed by atoms with Gasteiger partial charge in [-0.25, -0.2) is 4.57 Å². The minimum Gasteiger partial charge on any atom is -0.390 e. The van der Waals surface area contributed by atoms with Crippen LogP contribution in [0, 0.1) is 10.1 Å². The number of aliphatic hydroxyl groups excluding tert-OH is 1. The summed E-state index contributed by atoms with van der Waals surface area (Å²) in [6, 6.07) is 0. The topological polar surface area (TPSA) is 90.4 Å². The Morgan fingerprint density at radius 3 is 3.12 bits per heavy atom. The quantitative estimate of drug-likeness (QED) is 0.506. The van der Waals surface area contributed by atoms with Gasteiger partial charge in [-0.2, -0.15) is 0 Å². The standard InChI is InChI=1S/C8H10BrN3O4/c9-4-6-5(13)3-7(16-6)11-2-1-10-8(11)12(14)15/h1-2,5-7,13H,3-4H2/t5-,6-,7?/m1/s1. The van der Waals surface area contributed by atoms with E-state index in [0.29, 0.717) is 11.8 Å². The number of nitrogens with zero attached hydrogens (tertiary/aromatic N) is 3. The van der Waals surface area contributed by atoms with Gasteiger partial charge in [0.25, 0.3) is 0 Å². The third kappa shape index (κ3) is 1.95. The molecule has 1 fully saturated rings. The molecule has 2 heterocycles. The van der Waals surface area contributed by atoms with Crippen molar-refractivity contribution >= 4 is 21.9 Å². The second kappa shape index (κ2) is 4.48. The van der Waals surface area contributed by atoms with Crippen LogP contribution in [-0.2, 0) is 4.74 Å². The van der Waals surface area contributed by atoms with Gasteiger partial charge in [0.1, 0.15) is 12.4 Å². The van der Waals surface area contributed by atoms with E-state index in [1.165, 1.54) is 17.0 Å². The first kappa shape index (κ1) is 11.5. The van der Waals surface area contributed by atoms with Crippen LogP contribution in [0.15, 0.2) is 12.4 Å². The molecule has 0 saturated carbocycles. The van der Waals surface area contributed by atoms with Crippen LogP contribution in [0.3, 0.4) is 0 Å². The molecule has 1 aliphatic rings. The summed E-state index contributed by atoms with van der Waals surface area (Å²) in [5.74, 6) is -0.271. The lowest BCUT2D eigenvalue weighted by molar-refractivity contribution is -0.398. The number of ether oxygens (including phenoxy) is 1. The summed E-state index contributed by atoms with van der Waals surface area (Å²) in [4.78, 5) is 13.7. The molecule has 16 heavy (non-hydrogen) atoms. The molecule has 8 heteroatoms. The van der Waals surface area contributed by atoms with Gasteiger partial charge >= 0.3 is 5.95 Å². The zero-order chi connectivity index (χ0) is 11.7. The van der Waals surface area contributed by atoms with E-state index in [-0.39, 0.29) is 12.1 Å². The van der Waals surface area contributed by atoms with Crippen LogP contribution in [-0.4, -0.2) is 37.1 Å². The van der Waals surface area contributed by atoms with E-state index in [9.17, 15) is 15.2 Å². The van der Waals surface area contributed by atoms with Crippen molar-refractivity contribution in [2.75, 3.05) is 5.33 Å². The average molecular weight is 292 g/mol. The van der Waals surface area contributed by atoms with Crippen molar-refractivity contribution in [3.8, 4) is 0 Å². The van der Waals surface area contributed by atoms with Crippen LogP contribution in [0.2, 0.25) is 0 Å². The van der Waals surface area contributed by atoms with Crippen LogP contribution in [0.25, 0.3) is 0 Å². The smallest absolute Gasteiger partial charge is 0.390 e. The maximum absolute atomic E-state index is 10.7. The van der Waals surface area contributed by atoms with Crippen molar-refractivity contribution in [3.63, 3.8) is 0 Å². The Hall–Kier alpha value is -0.990. The molecule has 0 aliphatic carbocycles. The highest BCUT2D eigenvalue weighted by atomic mass is 79.9. The summed E-state index contributed by atoms with van der Waals surface area (Å²) in [7, 11) is 0. The molecule has 2 rings (SSSR count). The molecular weight excluding hydrogens is 282 g/mol. The predicted octanol–water partition coefficient (Wildman–Crippen LogP) is 0.835. The van der Waals surface area contributed by atoms with E-state index in [2.05, 4.69) is 20.9 Å². The van der Waals surface area contributed by atoms with Crippen LogP contribution in [0.1, 0.15) is 12.6 Å². The van der Waals surface area contributed by atoms with Crippen molar-refractivity contribution in [2.45, 2.75) is 24.9 Å². The number of aliphatic hydroxyl groups is 1. The van der Waals surface area contributed by atoms with Crippen LogP contribution >= 0.6 is 15.9 Å². The molecule has 0 radical (unpaired) electrons. The molecule has 1 aliphatic heterocycles. The molecule has 1 saturated heterocycles. The van der Waals surface area contributed by atoms with Gasteiger partial charge in [0.2, 0.25) is 0 Å². The number of aromatic nitrogens is 2. The summed E-state index contributed by atoms with van der Waals surface area (Å²) in [6.45, 7) is 0.